The van der Waals surface area contributed by atoms with Gasteiger partial charge in [0, 0.05) is 12.6 Å². The van der Waals surface area contributed by atoms with Gasteiger partial charge in [0.05, 0.1) is 24.1 Å². The minimum Gasteiger partial charge on any atom is -0.392 e. The van der Waals surface area contributed by atoms with Crippen LogP contribution in [0.15, 0.2) is 42.9 Å². The smallest absolute Gasteiger partial charge is 0.159 e. The van der Waals surface area contributed by atoms with E-state index in [-0.39, 0.29) is 6.61 Å². The summed E-state index contributed by atoms with van der Waals surface area (Å²) >= 11 is 0. The van der Waals surface area contributed by atoms with Crippen molar-refractivity contribution in [2.45, 2.75) is 13.0 Å². The third-order valence-corrected chi connectivity index (χ3v) is 3.21. The van der Waals surface area contributed by atoms with Crippen LogP contribution in [0.4, 0.5) is 8.78 Å². The Balaban J connectivity index is 1.96. The molecule has 3 rings (SSSR count). The van der Waals surface area contributed by atoms with Crippen molar-refractivity contribution in [1.29, 1.82) is 0 Å². The quantitative estimate of drug-likeness (QED) is 0.797. The first kappa shape index (κ1) is 12.7. The summed E-state index contributed by atoms with van der Waals surface area (Å²) in [6, 6.07) is 7.51. The molecule has 102 valence electrons. The highest BCUT2D eigenvalue weighted by Crippen LogP contribution is 2.17. The third-order valence-electron chi connectivity index (χ3n) is 3.21. The molecule has 0 saturated carbocycles. The molecule has 0 saturated heterocycles. The van der Waals surface area contributed by atoms with Gasteiger partial charge in [0.25, 0.3) is 0 Å². The van der Waals surface area contributed by atoms with E-state index < -0.39 is 11.6 Å². The summed E-state index contributed by atoms with van der Waals surface area (Å²) in [7, 11) is 0. The van der Waals surface area contributed by atoms with Crippen LogP contribution in [-0.2, 0) is 13.0 Å². The van der Waals surface area contributed by atoms with Gasteiger partial charge in [-0.15, -0.1) is 0 Å². The average Bonchev–Trinajstić information content (AvgIpc) is 2.85. The molecule has 0 aliphatic carbocycles. The highest BCUT2D eigenvalue weighted by Gasteiger charge is 2.08. The first-order valence-electron chi connectivity index (χ1n) is 6.16. The molecule has 1 N–H and O–H groups in total. The number of halogens is 2. The second kappa shape index (κ2) is 5.02. The third kappa shape index (κ3) is 2.28. The Hall–Kier alpha value is -2.27. The van der Waals surface area contributed by atoms with Gasteiger partial charge in [-0.05, 0) is 29.3 Å². The van der Waals surface area contributed by atoms with Gasteiger partial charge in [0.1, 0.15) is 0 Å². The van der Waals surface area contributed by atoms with E-state index in [1.54, 1.807) is 23.0 Å². The lowest BCUT2D eigenvalue weighted by Gasteiger charge is -2.02. The maximum Gasteiger partial charge on any atom is 0.159 e. The number of rotatable bonds is 3. The summed E-state index contributed by atoms with van der Waals surface area (Å²) in [6.07, 6.45) is 3.85. The summed E-state index contributed by atoms with van der Waals surface area (Å²) in [5, 5.41) is 9.08. The van der Waals surface area contributed by atoms with Crippen molar-refractivity contribution in [3.05, 3.63) is 71.3 Å². The average molecular weight is 274 g/mol. The van der Waals surface area contributed by atoms with Crippen molar-refractivity contribution < 1.29 is 13.9 Å². The van der Waals surface area contributed by atoms with E-state index in [1.807, 2.05) is 12.1 Å². The maximum atomic E-state index is 13.2. The monoisotopic (exact) mass is 274 g/mol. The van der Waals surface area contributed by atoms with Crippen LogP contribution in [0.1, 0.15) is 16.8 Å². The molecule has 0 atom stereocenters. The topological polar surface area (TPSA) is 37.5 Å². The summed E-state index contributed by atoms with van der Waals surface area (Å²) in [5.74, 6) is -1.70. The molecule has 0 unspecified atom stereocenters. The number of aromatic nitrogens is 2. The van der Waals surface area contributed by atoms with E-state index in [4.69, 9.17) is 5.11 Å². The molecule has 5 heteroatoms. The van der Waals surface area contributed by atoms with Crippen LogP contribution in [0, 0.1) is 11.6 Å². The Morgan fingerprint density at radius 2 is 1.85 bits per heavy atom. The molecule has 20 heavy (non-hydrogen) atoms. The molecule has 0 bridgehead atoms. The second-order valence-corrected chi connectivity index (χ2v) is 4.60. The standard InChI is InChI=1S/C15H12F2N2O/c16-12-3-1-10(5-13(12)17)6-14-15-4-2-11(8-20)7-19(15)9-18-14/h1-5,7,9,20H,6,8H2. The second-order valence-electron chi connectivity index (χ2n) is 4.60. The van der Waals surface area contributed by atoms with Crippen molar-refractivity contribution >= 4 is 5.52 Å². The van der Waals surface area contributed by atoms with Gasteiger partial charge in [-0.3, -0.25) is 0 Å². The number of hydrogen-bond acceptors (Lipinski definition) is 2. The van der Waals surface area contributed by atoms with Crippen molar-refractivity contribution in [3.8, 4) is 0 Å². The van der Waals surface area contributed by atoms with Crippen LogP contribution in [-0.4, -0.2) is 14.5 Å². The minimum absolute atomic E-state index is 0.0351. The fraction of sp³-hybridized carbons (Fsp3) is 0.133. The predicted molar refractivity (Wildman–Crippen MR) is 70.3 cm³/mol. The zero-order chi connectivity index (χ0) is 14.1. The molecule has 0 spiro atoms. The number of fused-ring (bicyclic) bond motifs is 1. The highest BCUT2D eigenvalue weighted by atomic mass is 19.2. The molecule has 0 aliphatic heterocycles. The molecule has 0 amide bonds. The molecule has 3 aromatic rings. The van der Waals surface area contributed by atoms with Crippen LogP contribution in [0.5, 0.6) is 0 Å². The molecular formula is C15H12F2N2O. The molecule has 3 nitrogen and oxygen atoms in total. The van der Waals surface area contributed by atoms with Crippen LogP contribution >= 0.6 is 0 Å². The Bertz CT molecular complexity index is 768. The van der Waals surface area contributed by atoms with Crippen LogP contribution < -0.4 is 0 Å². The van der Waals surface area contributed by atoms with Crippen molar-refractivity contribution in [1.82, 2.24) is 9.38 Å². The number of aliphatic hydroxyl groups excluding tert-OH is 1. The molecule has 0 radical (unpaired) electrons. The van der Waals surface area contributed by atoms with Gasteiger partial charge in [0.2, 0.25) is 0 Å². The van der Waals surface area contributed by atoms with Gasteiger partial charge in [-0.2, -0.15) is 0 Å². The molecule has 2 heterocycles. The summed E-state index contributed by atoms with van der Waals surface area (Å²) in [4.78, 5) is 4.28. The summed E-state index contributed by atoms with van der Waals surface area (Å²) < 4.78 is 27.9. The van der Waals surface area contributed by atoms with E-state index >= 15 is 0 Å². The van der Waals surface area contributed by atoms with Crippen LogP contribution in [0.25, 0.3) is 5.52 Å². The number of aliphatic hydroxyl groups is 1. The van der Waals surface area contributed by atoms with E-state index in [2.05, 4.69) is 4.98 Å². The van der Waals surface area contributed by atoms with Crippen LogP contribution in [0.2, 0.25) is 0 Å². The number of hydrogen-bond donors (Lipinski definition) is 1. The normalized spacial score (nSPS) is 11.2. The number of nitrogens with zero attached hydrogens (tertiary/aromatic N) is 2. The van der Waals surface area contributed by atoms with Crippen molar-refractivity contribution in [2.24, 2.45) is 0 Å². The zero-order valence-electron chi connectivity index (χ0n) is 10.6. The van der Waals surface area contributed by atoms with Crippen LogP contribution in [0.3, 0.4) is 0 Å². The van der Waals surface area contributed by atoms with E-state index in [0.717, 1.165) is 22.8 Å². The van der Waals surface area contributed by atoms with Gasteiger partial charge in [-0.25, -0.2) is 13.8 Å². The minimum atomic E-state index is -0.853. The summed E-state index contributed by atoms with van der Waals surface area (Å²) in [5.41, 5.74) is 3.11. The number of pyridine rings is 1. The van der Waals surface area contributed by atoms with Gasteiger partial charge >= 0.3 is 0 Å². The molecule has 2 aromatic heterocycles. The Morgan fingerprint density at radius 1 is 1.05 bits per heavy atom. The van der Waals surface area contributed by atoms with E-state index in [0.29, 0.717) is 12.0 Å². The molecular weight excluding hydrogens is 262 g/mol. The lowest BCUT2D eigenvalue weighted by Crippen LogP contribution is -1.94. The lowest BCUT2D eigenvalue weighted by molar-refractivity contribution is 0.281. The summed E-state index contributed by atoms with van der Waals surface area (Å²) in [6.45, 7) is -0.0351. The van der Waals surface area contributed by atoms with Gasteiger partial charge in [0.15, 0.2) is 11.6 Å². The highest BCUT2D eigenvalue weighted by molar-refractivity contribution is 5.54. The zero-order valence-corrected chi connectivity index (χ0v) is 10.6. The lowest BCUT2D eigenvalue weighted by atomic mass is 10.1. The van der Waals surface area contributed by atoms with Crippen molar-refractivity contribution in [3.63, 3.8) is 0 Å². The fourth-order valence-electron chi connectivity index (χ4n) is 2.17. The first-order chi connectivity index (χ1) is 9.67. The number of imidazole rings is 1. The Morgan fingerprint density at radius 3 is 2.60 bits per heavy atom. The molecule has 0 fully saturated rings. The molecule has 1 aromatic carbocycles. The molecule has 0 aliphatic rings. The fourth-order valence-corrected chi connectivity index (χ4v) is 2.17. The van der Waals surface area contributed by atoms with E-state index in [9.17, 15) is 8.78 Å². The maximum absolute atomic E-state index is 13.2. The van der Waals surface area contributed by atoms with E-state index in [1.165, 1.54) is 6.07 Å². The Labute approximate surface area is 114 Å². The van der Waals surface area contributed by atoms with Gasteiger partial charge in [-0.1, -0.05) is 12.1 Å². The first-order valence-corrected chi connectivity index (χ1v) is 6.16. The van der Waals surface area contributed by atoms with Gasteiger partial charge < -0.3 is 9.51 Å². The Kier molecular flexibility index (Phi) is 3.20. The number of benzene rings is 1. The SMILES string of the molecule is OCc1ccc2c(Cc3ccc(F)c(F)c3)ncn2c1. The largest absolute Gasteiger partial charge is 0.392 e. The predicted octanol–water partition coefficient (Wildman–Crippen LogP) is 2.70. The van der Waals surface area contributed by atoms with Crippen molar-refractivity contribution in [2.75, 3.05) is 0 Å².